The second-order valence-electron chi connectivity index (χ2n) is 3.52. The summed E-state index contributed by atoms with van der Waals surface area (Å²) < 4.78 is 0. The second kappa shape index (κ2) is 4.24. The maximum atomic E-state index is 10.8. The Bertz CT molecular complexity index is 171. The van der Waals surface area contributed by atoms with Gasteiger partial charge in [-0.15, -0.1) is 0 Å². The van der Waals surface area contributed by atoms with Crippen molar-refractivity contribution in [3.63, 3.8) is 0 Å². The summed E-state index contributed by atoms with van der Waals surface area (Å²) in [6, 6.07) is 0. The first-order valence-corrected chi connectivity index (χ1v) is 4.47. The molecular weight excluding hydrogens is 154 g/mol. The number of carbonyl (C=O) groups is 2. The maximum absolute atomic E-state index is 10.8. The standard InChI is InChI=1S/C9H15NO2/c10-9(12)8-3-1-7(2-4-8)5-6-11/h6-8H,1-5H2,(H2,10,12). The molecule has 12 heavy (non-hydrogen) atoms. The topological polar surface area (TPSA) is 60.2 Å². The summed E-state index contributed by atoms with van der Waals surface area (Å²) in [7, 11) is 0. The Balaban J connectivity index is 2.29. The van der Waals surface area contributed by atoms with Crippen LogP contribution in [0.5, 0.6) is 0 Å². The molecule has 0 spiro atoms. The summed E-state index contributed by atoms with van der Waals surface area (Å²) in [6.07, 6.45) is 5.31. The summed E-state index contributed by atoms with van der Waals surface area (Å²) in [5, 5.41) is 0. The number of primary amides is 1. The fourth-order valence-corrected chi connectivity index (χ4v) is 1.82. The average Bonchev–Trinajstić information content (AvgIpc) is 2.06. The fraction of sp³-hybridized carbons (Fsp3) is 0.778. The predicted molar refractivity (Wildman–Crippen MR) is 45.3 cm³/mol. The van der Waals surface area contributed by atoms with Gasteiger partial charge in [-0.05, 0) is 31.6 Å². The average molecular weight is 169 g/mol. The van der Waals surface area contributed by atoms with E-state index in [0.29, 0.717) is 12.3 Å². The number of hydrogen-bond acceptors (Lipinski definition) is 2. The van der Waals surface area contributed by atoms with Gasteiger partial charge in [0, 0.05) is 12.3 Å². The lowest BCUT2D eigenvalue weighted by Crippen LogP contribution is -2.27. The van der Waals surface area contributed by atoms with E-state index < -0.39 is 0 Å². The molecule has 0 bridgehead atoms. The number of carbonyl (C=O) groups excluding carboxylic acids is 2. The van der Waals surface area contributed by atoms with Gasteiger partial charge in [0.15, 0.2) is 0 Å². The second-order valence-corrected chi connectivity index (χ2v) is 3.52. The lowest BCUT2D eigenvalue weighted by atomic mass is 9.80. The van der Waals surface area contributed by atoms with E-state index in [1.807, 2.05) is 0 Å². The molecule has 0 aromatic heterocycles. The van der Waals surface area contributed by atoms with Crippen molar-refractivity contribution in [3.8, 4) is 0 Å². The van der Waals surface area contributed by atoms with Crippen LogP contribution in [-0.4, -0.2) is 12.2 Å². The molecule has 0 aromatic carbocycles. The van der Waals surface area contributed by atoms with Crippen LogP contribution < -0.4 is 5.73 Å². The zero-order valence-corrected chi connectivity index (χ0v) is 7.16. The molecular formula is C9H15NO2. The molecule has 68 valence electrons. The molecule has 2 N–H and O–H groups in total. The molecule has 1 amide bonds. The Kier molecular flexibility index (Phi) is 3.26. The van der Waals surface area contributed by atoms with Crippen molar-refractivity contribution in [1.29, 1.82) is 0 Å². The zero-order valence-electron chi connectivity index (χ0n) is 7.16. The zero-order chi connectivity index (χ0) is 8.97. The van der Waals surface area contributed by atoms with Gasteiger partial charge < -0.3 is 10.5 Å². The van der Waals surface area contributed by atoms with Gasteiger partial charge >= 0.3 is 0 Å². The molecule has 1 saturated carbocycles. The first kappa shape index (κ1) is 9.23. The minimum absolute atomic E-state index is 0.0629. The van der Waals surface area contributed by atoms with Gasteiger partial charge in [-0.2, -0.15) is 0 Å². The lowest BCUT2D eigenvalue weighted by Gasteiger charge is -2.24. The van der Waals surface area contributed by atoms with E-state index in [1.54, 1.807) is 0 Å². The number of aldehydes is 1. The minimum atomic E-state index is -0.181. The summed E-state index contributed by atoms with van der Waals surface area (Å²) in [4.78, 5) is 21.0. The largest absolute Gasteiger partial charge is 0.369 e. The summed E-state index contributed by atoms with van der Waals surface area (Å²) >= 11 is 0. The van der Waals surface area contributed by atoms with Crippen molar-refractivity contribution in [2.24, 2.45) is 17.6 Å². The molecule has 0 atom stereocenters. The Morgan fingerprint density at radius 2 is 1.92 bits per heavy atom. The molecule has 1 aliphatic carbocycles. The highest BCUT2D eigenvalue weighted by Gasteiger charge is 2.23. The summed E-state index contributed by atoms with van der Waals surface area (Å²) in [5.74, 6) is 0.380. The Morgan fingerprint density at radius 1 is 1.33 bits per heavy atom. The van der Waals surface area contributed by atoms with Gasteiger partial charge in [0.05, 0.1) is 0 Å². The molecule has 1 rings (SSSR count). The first-order valence-electron chi connectivity index (χ1n) is 4.47. The molecule has 1 aliphatic rings. The van der Waals surface area contributed by atoms with E-state index in [2.05, 4.69) is 0 Å². The van der Waals surface area contributed by atoms with Crippen LogP contribution in [0.15, 0.2) is 0 Å². The van der Waals surface area contributed by atoms with E-state index >= 15 is 0 Å². The van der Waals surface area contributed by atoms with Crippen molar-refractivity contribution in [2.75, 3.05) is 0 Å². The van der Waals surface area contributed by atoms with Gasteiger partial charge in [0.25, 0.3) is 0 Å². The molecule has 3 nitrogen and oxygen atoms in total. The smallest absolute Gasteiger partial charge is 0.220 e. The highest BCUT2D eigenvalue weighted by Crippen LogP contribution is 2.29. The van der Waals surface area contributed by atoms with E-state index in [-0.39, 0.29) is 11.8 Å². The van der Waals surface area contributed by atoms with Crippen LogP contribution in [0, 0.1) is 11.8 Å². The highest BCUT2D eigenvalue weighted by molar-refractivity contribution is 5.76. The Hall–Kier alpha value is -0.860. The number of rotatable bonds is 3. The van der Waals surface area contributed by atoms with Crippen LogP contribution in [0.1, 0.15) is 32.1 Å². The third kappa shape index (κ3) is 2.32. The van der Waals surface area contributed by atoms with Gasteiger partial charge in [0.1, 0.15) is 6.29 Å². The van der Waals surface area contributed by atoms with Crippen LogP contribution in [-0.2, 0) is 9.59 Å². The highest BCUT2D eigenvalue weighted by atomic mass is 16.1. The molecule has 0 aliphatic heterocycles. The SMILES string of the molecule is NC(=O)C1CCC(CC=O)CC1. The Labute approximate surface area is 72.3 Å². The number of amides is 1. The lowest BCUT2D eigenvalue weighted by molar-refractivity contribution is -0.122. The minimum Gasteiger partial charge on any atom is -0.369 e. The van der Waals surface area contributed by atoms with E-state index in [4.69, 9.17) is 5.73 Å². The monoisotopic (exact) mass is 169 g/mol. The third-order valence-electron chi connectivity index (χ3n) is 2.68. The maximum Gasteiger partial charge on any atom is 0.220 e. The van der Waals surface area contributed by atoms with Crippen LogP contribution in [0.2, 0.25) is 0 Å². The van der Waals surface area contributed by atoms with Crippen molar-refractivity contribution < 1.29 is 9.59 Å². The molecule has 0 saturated heterocycles. The fourth-order valence-electron chi connectivity index (χ4n) is 1.82. The summed E-state index contributed by atoms with van der Waals surface area (Å²) in [6.45, 7) is 0. The van der Waals surface area contributed by atoms with Crippen molar-refractivity contribution in [1.82, 2.24) is 0 Å². The molecule has 3 heteroatoms. The van der Waals surface area contributed by atoms with Crippen molar-refractivity contribution >= 4 is 12.2 Å². The van der Waals surface area contributed by atoms with E-state index in [0.717, 1.165) is 32.0 Å². The Morgan fingerprint density at radius 3 is 2.33 bits per heavy atom. The molecule has 1 fully saturated rings. The quantitative estimate of drug-likeness (QED) is 0.637. The van der Waals surface area contributed by atoms with Crippen LogP contribution in [0.4, 0.5) is 0 Å². The third-order valence-corrected chi connectivity index (χ3v) is 2.68. The normalized spacial score (nSPS) is 29.7. The van der Waals surface area contributed by atoms with Gasteiger partial charge in [-0.3, -0.25) is 4.79 Å². The molecule has 0 aromatic rings. The van der Waals surface area contributed by atoms with Crippen molar-refractivity contribution in [2.45, 2.75) is 32.1 Å². The van der Waals surface area contributed by atoms with Gasteiger partial charge in [-0.25, -0.2) is 0 Å². The number of nitrogens with two attached hydrogens (primary N) is 1. The van der Waals surface area contributed by atoms with Crippen LogP contribution >= 0.6 is 0 Å². The van der Waals surface area contributed by atoms with E-state index in [9.17, 15) is 9.59 Å². The van der Waals surface area contributed by atoms with Crippen LogP contribution in [0.25, 0.3) is 0 Å². The van der Waals surface area contributed by atoms with Gasteiger partial charge in [-0.1, -0.05) is 0 Å². The van der Waals surface area contributed by atoms with E-state index in [1.165, 1.54) is 0 Å². The summed E-state index contributed by atoms with van der Waals surface area (Å²) in [5.41, 5.74) is 5.18. The van der Waals surface area contributed by atoms with Gasteiger partial charge in [0.2, 0.25) is 5.91 Å². The first-order chi connectivity index (χ1) is 5.74. The van der Waals surface area contributed by atoms with Crippen molar-refractivity contribution in [3.05, 3.63) is 0 Å². The molecule has 0 radical (unpaired) electrons. The predicted octanol–water partition coefficient (Wildman–Crippen LogP) is 0.867. The molecule has 0 heterocycles. The molecule has 0 unspecified atom stereocenters. The van der Waals surface area contributed by atoms with Crippen LogP contribution in [0.3, 0.4) is 0 Å². The number of hydrogen-bond donors (Lipinski definition) is 1.